The molecule has 96 valence electrons. The summed E-state index contributed by atoms with van der Waals surface area (Å²) < 4.78 is 20.4. The van der Waals surface area contributed by atoms with Crippen molar-refractivity contribution in [1.29, 1.82) is 0 Å². The van der Waals surface area contributed by atoms with Crippen molar-refractivity contribution in [2.45, 2.75) is 19.6 Å². The van der Waals surface area contributed by atoms with Gasteiger partial charge < -0.3 is 10.5 Å². The van der Waals surface area contributed by atoms with Gasteiger partial charge in [0, 0.05) is 24.7 Å². The van der Waals surface area contributed by atoms with E-state index >= 15 is 0 Å². The van der Waals surface area contributed by atoms with Gasteiger partial charge >= 0.3 is 0 Å². The van der Waals surface area contributed by atoms with Crippen molar-refractivity contribution in [3.05, 3.63) is 41.7 Å². The molecule has 2 N–H and O–H groups in total. The Kier molecular flexibility index (Phi) is 3.57. The molecule has 0 bridgehead atoms. The monoisotopic (exact) mass is 250 g/mol. The van der Waals surface area contributed by atoms with E-state index in [9.17, 15) is 4.39 Å². The second kappa shape index (κ2) is 5.14. The predicted octanol–water partition coefficient (Wildman–Crippen LogP) is 1.55. The minimum atomic E-state index is -0.354. The lowest BCUT2D eigenvalue weighted by Crippen LogP contribution is -2.10. The molecule has 0 spiro atoms. The van der Waals surface area contributed by atoms with Gasteiger partial charge in [-0.15, -0.1) is 0 Å². The fourth-order valence-corrected chi connectivity index (χ4v) is 1.60. The number of ether oxygens (including phenoxy) is 1. The highest BCUT2D eigenvalue weighted by Gasteiger charge is 2.10. The Bertz CT molecular complexity index is 539. The Labute approximate surface area is 104 Å². The first-order valence-corrected chi connectivity index (χ1v) is 5.58. The lowest BCUT2D eigenvalue weighted by Gasteiger charge is -2.13. The average Bonchev–Trinajstić information content (AvgIpc) is 2.72. The fraction of sp³-hybridized carbons (Fsp3) is 0.333. The molecule has 1 heterocycles. The van der Waals surface area contributed by atoms with E-state index in [4.69, 9.17) is 10.5 Å². The van der Waals surface area contributed by atoms with Crippen LogP contribution in [0.3, 0.4) is 0 Å². The second-order valence-corrected chi connectivity index (χ2v) is 4.06. The molecule has 0 unspecified atom stereocenters. The van der Waals surface area contributed by atoms with Crippen molar-refractivity contribution >= 4 is 0 Å². The Balaban J connectivity index is 2.18. The molecule has 0 saturated carbocycles. The highest BCUT2D eigenvalue weighted by molar-refractivity contribution is 5.36. The fourth-order valence-electron chi connectivity index (χ4n) is 1.60. The quantitative estimate of drug-likeness (QED) is 0.894. The number of hydrogen-bond acceptors (Lipinski definition) is 4. The molecule has 5 nitrogen and oxygen atoms in total. The highest BCUT2D eigenvalue weighted by atomic mass is 19.1. The van der Waals surface area contributed by atoms with Crippen molar-refractivity contribution in [2.24, 2.45) is 12.8 Å². The van der Waals surface area contributed by atoms with Crippen LogP contribution < -0.4 is 10.5 Å². The number of hydrogen-bond donors (Lipinski definition) is 1. The lowest BCUT2D eigenvalue weighted by atomic mass is 10.1. The van der Waals surface area contributed by atoms with E-state index in [0.29, 0.717) is 11.6 Å². The largest absolute Gasteiger partial charge is 0.485 e. The van der Waals surface area contributed by atoms with Crippen LogP contribution in [0.2, 0.25) is 0 Å². The topological polar surface area (TPSA) is 66.0 Å². The summed E-state index contributed by atoms with van der Waals surface area (Å²) in [6, 6.07) is 4.11. The molecule has 0 aliphatic rings. The normalized spacial score (nSPS) is 12.4. The van der Waals surface area contributed by atoms with Crippen LogP contribution in [0.25, 0.3) is 0 Å². The summed E-state index contributed by atoms with van der Waals surface area (Å²) in [5, 5.41) is 3.93. The van der Waals surface area contributed by atoms with Crippen LogP contribution in [0.4, 0.5) is 4.39 Å². The van der Waals surface area contributed by atoms with Gasteiger partial charge in [-0.2, -0.15) is 5.10 Å². The summed E-state index contributed by atoms with van der Waals surface area (Å²) in [7, 11) is 1.77. The first kappa shape index (κ1) is 12.5. The van der Waals surface area contributed by atoms with Gasteiger partial charge in [-0.05, 0) is 13.0 Å². The Hall–Kier alpha value is -1.95. The third-order valence-electron chi connectivity index (χ3n) is 2.63. The van der Waals surface area contributed by atoms with E-state index in [-0.39, 0.29) is 18.5 Å². The van der Waals surface area contributed by atoms with Crippen LogP contribution in [0.15, 0.2) is 24.5 Å². The van der Waals surface area contributed by atoms with Gasteiger partial charge in [0.1, 0.15) is 24.5 Å². The molecule has 1 atom stereocenters. The third kappa shape index (κ3) is 2.65. The molecule has 1 aromatic carbocycles. The molecule has 1 aromatic heterocycles. The Morgan fingerprint density at radius 3 is 2.89 bits per heavy atom. The average molecular weight is 250 g/mol. The maximum atomic E-state index is 13.2. The van der Waals surface area contributed by atoms with Crippen molar-refractivity contribution < 1.29 is 9.13 Å². The zero-order valence-corrected chi connectivity index (χ0v) is 10.3. The molecule has 0 radical (unpaired) electrons. The smallest absolute Gasteiger partial charge is 0.164 e. The molecule has 0 aliphatic heterocycles. The number of nitrogens with two attached hydrogens (primary N) is 1. The Morgan fingerprint density at radius 2 is 2.28 bits per heavy atom. The zero-order valence-electron chi connectivity index (χ0n) is 10.3. The van der Waals surface area contributed by atoms with Crippen LogP contribution in [-0.2, 0) is 13.7 Å². The molecular formula is C12H15FN4O. The van der Waals surface area contributed by atoms with Crippen molar-refractivity contribution in [1.82, 2.24) is 14.8 Å². The molecule has 6 heteroatoms. The van der Waals surface area contributed by atoms with Crippen molar-refractivity contribution in [3.8, 4) is 5.75 Å². The minimum Gasteiger partial charge on any atom is -0.485 e. The number of halogens is 1. The summed E-state index contributed by atoms with van der Waals surface area (Å²) >= 11 is 0. The van der Waals surface area contributed by atoms with Gasteiger partial charge in [-0.3, -0.25) is 4.68 Å². The van der Waals surface area contributed by atoms with Crippen LogP contribution in [0.1, 0.15) is 24.4 Å². The van der Waals surface area contributed by atoms with E-state index in [2.05, 4.69) is 10.1 Å². The summed E-state index contributed by atoms with van der Waals surface area (Å²) in [6.07, 6.45) is 1.44. The van der Waals surface area contributed by atoms with Crippen LogP contribution >= 0.6 is 0 Å². The summed E-state index contributed by atoms with van der Waals surface area (Å²) in [6.45, 7) is 2.04. The molecule has 0 aliphatic carbocycles. The lowest BCUT2D eigenvalue weighted by molar-refractivity contribution is 0.284. The van der Waals surface area contributed by atoms with E-state index in [1.165, 1.54) is 18.5 Å². The van der Waals surface area contributed by atoms with Gasteiger partial charge in [-0.25, -0.2) is 9.37 Å². The second-order valence-electron chi connectivity index (χ2n) is 4.06. The third-order valence-corrected chi connectivity index (χ3v) is 2.63. The van der Waals surface area contributed by atoms with E-state index < -0.39 is 0 Å². The molecule has 2 aromatic rings. The minimum absolute atomic E-state index is 0.222. The molecule has 0 fully saturated rings. The molecule has 18 heavy (non-hydrogen) atoms. The van der Waals surface area contributed by atoms with Gasteiger partial charge in [0.05, 0.1) is 0 Å². The SMILES string of the molecule is C[C@H](N)c1ccc(F)cc1OCc1ncnn1C. The summed E-state index contributed by atoms with van der Waals surface area (Å²) in [5.41, 5.74) is 6.57. The van der Waals surface area contributed by atoms with Gasteiger partial charge in [0.2, 0.25) is 0 Å². The summed E-state index contributed by atoms with van der Waals surface area (Å²) in [5.74, 6) is 0.746. The maximum Gasteiger partial charge on any atom is 0.164 e. The predicted molar refractivity (Wildman–Crippen MR) is 64.3 cm³/mol. The van der Waals surface area contributed by atoms with Gasteiger partial charge in [0.25, 0.3) is 0 Å². The van der Waals surface area contributed by atoms with Gasteiger partial charge in [0.15, 0.2) is 5.82 Å². The molecule has 2 rings (SSSR count). The van der Waals surface area contributed by atoms with E-state index in [0.717, 1.165) is 5.56 Å². The van der Waals surface area contributed by atoms with Crippen LogP contribution in [0.5, 0.6) is 5.75 Å². The number of rotatable bonds is 4. The first-order chi connectivity index (χ1) is 8.58. The zero-order chi connectivity index (χ0) is 13.1. The van der Waals surface area contributed by atoms with Crippen molar-refractivity contribution in [3.63, 3.8) is 0 Å². The Morgan fingerprint density at radius 1 is 1.50 bits per heavy atom. The summed E-state index contributed by atoms with van der Waals surface area (Å²) in [4.78, 5) is 4.03. The molecule has 0 saturated heterocycles. The number of nitrogens with zero attached hydrogens (tertiary/aromatic N) is 3. The van der Waals surface area contributed by atoms with E-state index in [1.807, 2.05) is 6.92 Å². The maximum absolute atomic E-state index is 13.2. The molecule has 0 amide bonds. The van der Waals surface area contributed by atoms with Gasteiger partial charge in [-0.1, -0.05) is 6.07 Å². The van der Waals surface area contributed by atoms with Crippen LogP contribution in [-0.4, -0.2) is 14.8 Å². The standard InChI is InChI=1S/C12H15FN4O/c1-8(14)10-4-3-9(13)5-11(10)18-6-12-15-7-16-17(12)2/h3-5,7-8H,6,14H2,1-2H3/t8-/m0/s1. The van der Waals surface area contributed by atoms with Crippen LogP contribution in [0, 0.1) is 5.82 Å². The number of aromatic nitrogens is 3. The molecular weight excluding hydrogens is 235 g/mol. The number of aryl methyl sites for hydroxylation is 1. The van der Waals surface area contributed by atoms with E-state index in [1.54, 1.807) is 17.8 Å². The number of benzene rings is 1. The highest BCUT2D eigenvalue weighted by Crippen LogP contribution is 2.25. The first-order valence-electron chi connectivity index (χ1n) is 5.58. The van der Waals surface area contributed by atoms with Crippen molar-refractivity contribution in [2.75, 3.05) is 0 Å².